The Kier molecular flexibility index (Phi) is 4.14. The van der Waals surface area contributed by atoms with E-state index >= 15 is 0 Å². The van der Waals surface area contributed by atoms with Gasteiger partial charge in [0.2, 0.25) is 10.0 Å². The maximum Gasteiger partial charge on any atom is 0.256 e. The third-order valence-electron chi connectivity index (χ3n) is 3.46. The Hall–Kier alpha value is -0.700. The number of ether oxygens (including phenoxy) is 2. The number of hydrogen-bond acceptors (Lipinski definition) is 5. The van der Waals surface area contributed by atoms with Crippen molar-refractivity contribution in [2.75, 3.05) is 52.3 Å². The first-order chi connectivity index (χ1) is 8.83. The summed E-state index contributed by atoms with van der Waals surface area (Å²) in [6, 6.07) is 0. The second kappa shape index (κ2) is 5.35. The van der Waals surface area contributed by atoms with Gasteiger partial charge in [-0.1, -0.05) is 0 Å². The molecule has 0 saturated carbocycles. The summed E-state index contributed by atoms with van der Waals surface area (Å²) in [4.78, 5) is 14.1. The summed E-state index contributed by atoms with van der Waals surface area (Å²) in [7, 11) is -3.30. The zero-order valence-electron chi connectivity index (χ0n) is 11.3. The lowest BCUT2D eigenvalue weighted by molar-refractivity contribution is -0.167. The van der Waals surface area contributed by atoms with Crippen molar-refractivity contribution >= 4 is 15.9 Å². The molecule has 0 spiro atoms. The molecule has 110 valence electrons. The molecule has 0 N–H and O–H groups in total. The summed E-state index contributed by atoms with van der Waals surface area (Å²) in [5.41, 5.74) is -1.10. The van der Waals surface area contributed by atoms with E-state index in [0.29, 0.717) is 32.8 Å². The molecule has 19 heavy (non-hydrogen) atoms. The number of rotatable bonds is 2. The van der Waals surface area contributed by atoms with Crippen molar-refractivity contribution in [2.24, 2.45) is 0 Å². The van der Waals surface area contributed by atoms with Crippen LogP contribution in [0.3, 0.4) is 0 Å². The number of carbonyl (C=O) groups excluding carboxylic acids is 1. The molecule has 7 nitrogen and oxygen atoms in total. The molecule has 2 aliphatic rings. The van der Waals surface area contributed by atoms with E-state index in [9.17, 15) is 13.2 Å². The monoisotopic (exact) mass is 292 g/mol. The second-order valence-electron chi connectivity index (χ2n) is 5.08. The van der Waals surface area contributed by atoms with Gasteiger partial charge in [-0.2, -0.15) is 4.31 Å². The van der Waals surface area contributed by atoms with Crippen molar-refractivity contribution in [1.82, 2.24) is 9.21 Å². The Morgan fingerprint density at radius 1 is 1.16 bits per heavy atom. The number of nitrogens with zero attached hydrogens (tertiary/aromatic N) is 2. The minimum atomic E-state index is -3.30. The number of amides is 1. The average molecular weight is 292 g/mol. The van der Waals surface area contributed by atoms with Crippen LogP contribution in [0.25, 0.3) is 0 Å². The van der Waals surface area contributed by atoms with E-state index in [1.165, 1.54) is 4.31 Å². The first kappa shape index (κ1) is 14.7. The number of morpholine rings is 2. The van der Waals surface area contributed by atoms with Crippen molar-refractivity contribution < 1.29 is 22.7 Å². The highest BCUT2D eigenvalue weighted by molar-refractivity contribution is 7.88. The van der Waals surface area contributed by atoms with Crippen LogP contribution in [-0.2, 0) is 24.3 Å². The molecule has 2 heterocycles. The van der Waals surface area contributed by atoms with E-state index in [-0.39, 0.29) is 19.1 Å². The average Bonchev–Trinajstić information content (AvgIpc) is 2.38. The molecule has 2 fully saturated rings. The molecule has 0 aromatic rings. The smallest absolute Gasteiger partial charge is 0.256 e. The predicted octanol–water partition coefficient (Wildman–Crippen LogP) is -1.10. The van der Waals surface area contributed by atoms with Crippen LogP contribution >= 0.6 is 0 Å². The van der Waals surface area contributed by atoms with Crippen LogP contribution in [0.1, 0.15) is 6.92 Å². The van der Waals surface area contributed by atoms with Crippen LogP contribution in [0.2, 0.25) is 0 Å². The van der Waals surface area contributed by atoms with Crippen LogP contribution in [0, 0.1) is 0 Å². The molecular formula is C11H20N2O5S. The van der Waals surface area contributed by atoms with Gasteiger partial charge in [-0.25, -0.2) is 8.42 Å². The largest absolute Gasteiger partial charge is 0.378 e. The summed E-state index contributed by atoms with van der Waals surface area (Å²) in [5.74, 6) is -0.163. The van der Waals surface area contributed by atoms with Crippen molar-refractivity contribution in [3.05, 3.63) is 0 Å². The van der Waals surface area contributed by atoms with Gasteiger partial charge >= 0.3 is 0 Å². The zero-order valence-corrected chi connectivity index (χ0v) is 12.1. The predicted molar refractivity (Wildman–Crippen MR) is 68.2 cm³/mol. The van der Waals surface area contributed by atoms with Crippen LogP contribution in [-0.4, -0.2) is 81.4 Å². The lowest BCUT2D eigenvalue weighted by Gasteiger charge is -2.41. The van der Waals surface area contributed by atoms with E-state index < -0.39 is 15.6 Å². The quantitative estimate of drug-likeness (QED) is 0.645. The maximum atomic E-state index is 12.5. The van der Waals surface area contributed by atoms with E-state index in [1.54, 1.807) is 11.8 Å². The molecule has 0 aromatic carbocycles. The minimum Gasteiger partial charge on any atom is -0.378 e. The van der Waals surface area contributed by atoms with Gasteiger partial charge in [-0.3, -0.25) is 4.79 Å². The summed E-state index contributed by atoms with van der Waals surface area (Å²) < 4.78 is 35.3. The van der Waals surface area contributed by atoms with Gasteiger partial charge in [-0.05, 0) is 6.92 Å². The van der Waals surface area contributed by atoms with Gasteiger partial charge < -0.3 is 14.4 Å². The molecule has 1 amide bonds. The third kappa shape index (κ3) is 3.25. The maximum absolute atomic E-state index is 12.5. The van der Waals surface area contributed by atoms with E-state index in [0.717, 1.165) is 6.26 Å². The van der Waals surface area contributed by atoms with Crippen molar-refractivity contribution in [3.63, 3.8) is 0 Å². The van der Waals surface area contributed by atoms with Crippen molar-refractivity contribution in [1.29, 1.82) is 0 Å². The lowest BCUT2D eigenvalue weighted by Crippen LogP contribution is -2.61. The molecule has 0 radical (unpaired) electrons. The molecule has 2 aliphatic heterocycles. The molecule has 0 aliphatic carbocycles. The van der Waals surface area contributed by atoms with Crippen LogP contribution in [0.15, 0.2) is 0 Å². The normalized spacial score (nSPS) is 30.3. The Morgan fingerprint density at radius 3 is 2.37 bits per heavy atom. The summed E-state index contributed by atoms with van der Waals surface area (Å²) >= 11 is 0. The fraction of sp³-hybridized carbons (Fsp3) is 0.909. The zero-order chi connectivity index (χ0) is 14.1. The van der Waals surface area contributed by atoms with E-state index in [2.05, 4.69) is 0 Å². The highest BCUT2D eigenvalue weighted by Gasteiger charge is 2.44. The minimum absolute atomic E-state index is 0.0715. The standard InChI is InChI=1S/C11H20N2O5S/c1-11(10(14)12-3-6-17-7-4-12)9-13(5-8-18-11)19(2,15)16/h3-9H2,1-2H3/t11-/m1/s1. The molecule has 0 unspecified atom stereocenters. The van der Waals surface area contributed by atoms with E-state index in [4.69, 9.17) is 9.47 Å². The highest BCUT2D eigenvalue weighted by atomic mass is 32.2. The fourth-order valence-electron chi connectivity index (χ4n) is 2.35. The van der Waals surface area contributed by atoms with Crippen LogP contribution in [0.5, 0.6) is 0 Å². The number of carbonyl (C=O) groups is 1. The van der Waals surface area contributed by atoms with Gasteiger partial charge in [0.25, 0.3) is 5.91 Å². The molecular weight excluding hydrogens is 272 g/mol. The first-order valence-electron chi connectivity index (χ1n) is 6.29. The van der Waals surface area contributed by atoms with Gasteiger partial charge in [0, 0.05) is 19.6 Å². The van der Waals surface area contributed by atoms with Crippen molar-refractivity contribution in [2.45, 2.75) is 12.5 Å². The van der Waals surface area contributed by atoms with Crippen molar-refractivity contribution in [3.8, 4) is 0 Å². The second-order valence-corrected chi connectivity index (χ2v) is 7.06. The van der Waals surface area contributed by atoms with Gasteiger partial charge in [0.05, 0.1) is 32.6 Å². The van der Waals surface area contributed by atoms with Gasteiger partial charge in [0.1, 0.15) is 0 Å². The Bertz CT molecular complexity index is 446. The summed E-state index contributed by atoms with van der Waals surface area (Å²) in [5, 5.41) is 0. The molecule has 2 saturated heterocycles. The Balaban J connectivity index is 2.10. The Labute approximate surface area is 113 Å². The van der Waals surface area contributed by atoms with Gasteiger partial charge in [-0.15, -0.1) is 0 Å². The molecule has 0 bridgehead atoms. The summed E-state index contributed by atoms with van der Waals surface area (Å²) in [6.07, 6.45) is 1.15. The topological polar surface area (TPSA) is 76.2 Å². The van der Waals surface area contributed by atoms with Crippen LogP contribution < -0.4 is 0 Å². The number of hydrogen-bond donors (Lipinski definition) is 0. The highest BCUT2D eigenvalue weighted by Crippen LogP contribution is 2.22. The Morgan fingerprint density at radius 2 is 1.79 bits per heavy atom. The third-order valence-corrected chi connectivity index (χ3v) is 4.71. The van der Waals surface area contributed by atoms with Gasteiger partial charge in [0.15, 0.2) is 5.60 Å². The van der Waals surface area contributed by atoms with E-state index in [1.807, 2.05) is 0 Å². The number of sulfonamides is 1. The molecule has 0 aromatic heterocycles. The fourth-order valence-corrected chi connectivity index (χ4v) is 3.23. The summed E-state index contributed by atoms with van der Waals surface area (Å²) in [6.45, 7) is 4.33. The SMILES string of the molecule is C[C@]1(C(=O)N2CCOCC2)CN(S(C)(=O)=O)CCO1. The molecule has 8 heteroatoms. The van der Waals surface area contributed by atoms with Crippen LogP contribution in [0.4, 0.5) is 0 Å². The molecule has 2 rings (SSSR count). The molecule has 1 atom stereocenters. The lowest BCUT2D eigenvalue weighted by atomic mass is 10.0. The first-order valence-corrected chi connectivity index (χ1v) is 8.14.